The number of rotatable bonds is 2. The van der Waals surface area contributed by atoms with E-state index in [1.165, 1.54) is 0 Å². The molecule has 2 aromatic rings. The van der Waals surface area contributed by atoms with E-state index in [0.717, 1.165) is 5.39 Å². The molecule has 4 heteroatoms. The van der Waals surface area contributed by atoms with Crippen molar-refractivity contribution in [3.05, 3.63) is 41.0 Å². The second-order valence-corrected chi connectivity index (χ2v) is 4.19. The van der Waals surface area contributed by atoms with Crippen molar-refractivity contribution >= 4 is 16.7 Å². The maximum Gasteiger partial charge on any atom is 0.342 e. The highest BCUT2D eigenvalue weighted by Gasteiger charge is 2.18. The van der Waals surface area contributed by atoms with Crippen LogP contribution in [0.2, 0.25) is 0 Å². The van der Waals surface area contributed by atoms with Crippen molar-refractivity contribution in [2.24, 2.45) is 0 Å². The molecule has 0 aliphatic heterocycles. The monoisotopic (exact) mass is 255 g/mol. The number of nitriles is 1. The highest BCUT2D eigenvalue weighted by Crippen LogP contribution is 2.32. The van der Waals surface area contributed by atoms with Crippen LogP contribution < -0.4 is 0 Å². The first-order chi connectivity index (χ1) is 9.08. The smallest absolute Gasteiger partial charge is 0.342 e. The van der Waals surface area contributed by atoms with Crippen LogP contribution in [0.25, 0.3) is 10.8 Å². The van der Waals surface area contributed by atoms with Gasteiger partial charge < -0.3 is 9.84 Å². The lowest BCUT2D eigenvalue weighted by atomic mass is 9.98. The van der Waals surface area contributed by atoms with Crippen LogP contribution in [0.5, 0.6) is 5.75 Å². The van der Waals surface area contributed by atoms with Crippen molar-refractivity contribution < 1.29 is 14.6 Å². The van der Waals surface area contributed by atoms with Gasteiger partial charge in [0.25, 0.3) is 0 Å². The van der Waals surface area contributed by atoms with Crippen LogP contribution in [-0.2, 0) is 4.74 Å². The van der Waals surface area contributed by atoms with E-state index in [2.05, 4.69) is 0 Å². The van der Waals surface area contributed by atoms with Crippen LogP contribution in [0.1, 0.15) is 28.4 Å². The van der Waals surface area contributed by atoms with E-state index in [0.29, 0.717) is 16.5 Å². The third-order valence-electron chi connectivity index (χ3n) is 2.91. The molecule has 1 N–H and O–H groups in total. The fraction of sp³-hybridized carbons (Fsp3) is 0.200. The van der Waals surface area contributed by atoms with Gasteiger partial charge >= 0.3 is 5.97 Å². The number of carbonyl (C=O) groups excluding carboxylic acids is 1. The van der Waals surface area contributed by atoms with E-state index < -0.39 is 5.97 Å². The Labute approximate surface area is 110 Å². The van der Waals surface area contributed by atoms with Gasteiger partial charge in [0.2, 0.25) is 0 Å². The highest BCUT2D eigenvalue weighted by molar-refractivity contribution is 6.07. The quantitative estimate of drug-likeness (QED) is 0.837. The lowest BCUT2D eigenvalue weighted by molar-refractivity contribution is 0.0525. The van der Waals surface area contributed by atoms with Gasteiger partial charge in [-0.3, -0.25) is 0 Å². The molecule has 4 nitrogen and oxygen atoms in total. The average molecular weight is 255 g/mol. The first kappa shape index (κ1) is 12.9. The number of aryl methyl sites for hydroxylation is 1. The molecule has 0 saturated heterocycles. The van der Waals surface area contributed by atoms with E-state index in [1.807, 2.05) is 6.07 Å². The summed E-state index contributed by atoms with van der Waals surface area (Å²) >= 11 is 0. The summed E-state index contributed by atoms with van der Waals surface area (Å²) in [7, 11) is 0. The van der Waals surface area contributed by atoms with Crippen LogP contribution in [0.3, 0.4) is 0 Å². The van der Waals surface area contributed by atoms with Gasteiger partial charge in [0.05, 0.1) is 18.2 Å². The van der Waals surface area contributed by atoms with Crippen LogP contribution in [0.4, 0.5) is 0 Å². The molecule has 0 aliphatic rings. The summed E-state index contributed by atoms with van der Waals surface area (Å²) in [5, 5.41) is 20.3. The molecule has 0 aliphatic carbocycles. The van der Waals surface area contributed by atoms with Gasteiger partial charge in [0.1, 0.15) is 11.3 Å². The first-order valence-corrected chi connectivity index (χ1v) is 5.92. The lowest BCUT2D eigenvalue weighted by Gasteiger charge is -2.11. The number of hydrogen-bond acceptors (Lipinski definition) is 4. The maximum absolute atomic E-state index is 12.0. The summed E-state index contributed by atoms with van der Waals surface area (Å²) in [4.78, 5) is 12.0. The minimum Gasteiger partial charge on any atom is -0.507 e. The maximum atomic E-state index is 12.0. The molecule has 0 bridgehead atoms. The second-order valence-electron chi connectivity index (χ2n) is 4.19. The topological polar surface area (TPSA) is 70.3 Å². The molecule has 0 spiro atoms. The molecule has 96 valence electrons. The molecule has 0 saturated carbocycles. The number of carbonyl (C=O) groups is 1. The fourth-order valence-corrected chi connectivity index (χ4v) is 2.00. The normalized spacial score (nSPS) is 10.2. The number of esters is 1. The van der Waals surface area contributed by atoms with Crippen LogP contribution in [0.15, 0.2) is 24.3 Å². The van der Waals surface area contributed by atoms with E-state index in [-0.39, 0.29) is 17.9 Å². The molecule has 0 radical (unpaired) electrons. The first-order valence-electron chi connectivity index (χ1n) is 5.92. The Kier molecular flexibility index (Phi) is 3.39. The van der Waals surface area contributed by atoms with Crippen molar-refractivity contribution in [3.63, 3.8) is 0 Å². The second kappa shape index (κ2) is 4.99. The van der Waals surface area contributed by atoms with E-state index in [1.54, 1.807) is 38.1 Å². The van der Waals surface area contributed by atoms with E-state index in [4.69, 9.17) is 10.00 Å². The van der Waals surface area contributed by atoms with Crippen molar-refractivity contribution in [1.82, 2.24) is 0 Å². The van der Waals surface area contributed by atoms with Gasteiger partial charge in [0, 0.05) is 5.39 Å². The number of benzene rings is 2. The highest BCUT2D eigenvalue weighted by atomic mass is 16.5. The zero-order valence-corrected chi connectivity index (χ0v) is 10.7. The molecular weight excluding hydrogens is 242 g/mol. The third kappa shape index (κ3) is 2.23. The number of ether oxygens (including phenoxy) is 1. The predicted molar refractivity (Wildman–Crippen MR) is 71.0 cm³/mol. The molecular formula is C15H13NO3. The molecule has 19 heavy (non-hydrogen) atoms. The largest absolute Gasteiger partial charge is 0.507 e. The summed E-state index contributed by atoms with van der Waals surface area (Å²) in [5.41, 5.74) is 1.15. The zero-order valence-electron chi connectivity index (χ0n) is 10.7. The Bertz CT molecular complexity index is 699. The number of hydrogen-bond donors (Lipinski definition) is 1. The summed E-state index contributed by atoms with van der Waals surface area (Å²) in [6.45, 7) is 3.65. The van der Waals surface area contributed by atoms with Gasteiger partial charge in [0.15, 0.2) is 0 Å². The number of phenols is 1. The molecule has 0 aromatic heterocycles. The number of phenolic OH excluding ortho intramolecular Hbond substituents is 1. The summed E-state index contributed by atoms with van der Waals surface area (Å²) in [6, 6.07) is 8.80. The van der Waals surface area contributed by atoms with Gasteiger partial charge in [-0.25, -0.2) is 4.79 Å². The Hall–Kier alpha value is -2.54. The van der Waals surface area contributed by atoms with Crippen molar-refractivity contribution in [3.8, 4) is 11.8 Å². The number of fused-ring (bicyclic) bond motifs is 1. The van der Waals surface area contributed by atoms with Crippen LogP contribution in [0, 0.1) is 18.3 Å². The summed E-state index contributed by atoms with van der Waals surface area (Å²) in [6.07, 6.45) is 0. The van der Waals surface area contributed by atoms with E-state index in [9.17, 15) is 9.90 Å². The summed E-state index contributed by atoms with van der Waals surface area (Å²) < 4.78 is 4.96. The Morgan fingerprint density at radius 1 is 1.42 bits per heavy atom. The van der Waals surface area contributed by atoms with Gasteiger partial charge in [-0.05, 0) is 43.0 Å². The zero-order chi connectivity index (χ0) is 14.0. The number of aromatic hydroxyl groups is 1. The van der Waals surface area contributed by atoms with Crippen molar-refractivity contribution in [2.45, 2.75) is 13.8 Å². The van der Waals surface area contributed by atoms with Crippen LogP contribution in [-0.4, -0.2) is 17.7 Å². The molecule has 0 amide bonds. The minimum atomic E-state index is -0.580. The van der Waals surface area contributed by atoms with Crippen molar-refractivity contribution in [1.29, 1.82) is 5.26 Å². The molecule has 0 heterocycles. The van der Waals surface area contributed by atoms with E-state index >= 15 is 0 Å². The fourth-order valence-electron chi connectivity index (χ4n) is 2.00. The predicted octanol–water partition coefficient (Wildman–Crippen LogP) is 2.90. The Balaban J connectivity index is 2.80. The van der Waals surface area contributed by atoms with Gasteiger partial charge in [-0.1, -0.05) is 6.07 Å². The van der Waals surface area contributed by atoms with Gasteiger partial charge in [-0.15, -0.1) is 0 Å². The number of nitrogens with zero attached hydrogens (tertiary/aromatic N) is 1. The average Bonchev–Trinajstić information content (AvgIpc) is 2.40. The molecule has 2 rings (SSSR count). The SMILES string of the molecule is CCOC(=O)c1c(O)c(C)cc2ccc(C#N)cc12. The van der Waals surface area contributed by atoms with Gasteiger partial charge in [-0.2, -0.15) is 5.26 Å². The van der Waals surface area contributed by atoms with Crippen LogP contribution >= 0.6 is 0 Å². The molecule has 0 fully saturated rings. The molecule has 2 aromatic carbocycles. The Morgan fingerprint density at radius 3 is 2.79 bits per heavy atom. The summed E-state index contributed by atoms with van der Waals surface area (Å²) in [5.74, 6) is -0.676. The molecule has 0 atom stereocenters. The molecule has 0 unspecified atom stereocenters. The Morgan fingerprint density at radius 2 is 2.16 bits per heavy atom. The van der Waals surface area contributed by atoms with Crippen molar-refractivity contribution in [2.75, 3.05) is 6.61 Å². The third-order valence-corrected chi connectivity index (χ3v) is 2.91. The standard InChI is InChI=1S/C15H13NO3/c1-3-19-15(18)13-12-7-10(8-16)4-5-11(12)6-9(2)14(13)17/h4-7,17H,3H2,1-2H3. The minimum absolute atomic E-state index is 0.0963. The lowest BCUT2D eigenvalue weighted by Crippen LogP contribution is -2.06.